The molecule has 2 aromatic rings. The Bertz CT molecular complexity index is 504. The molecule has 78 valence electrons. The molecule has 15 heavy (non-hydrogen) atoms. The number of nitro groups is 1. The zero-order valence-electron chi connectivity index (χ0n) is 7.93. The maximum absolute atomic E-state index is 10.3. The molecule has 5 heteroatoms. The summed E-state index contributed by atoms with van der Waals surface area (Å²) in [4.78, 5) is 12.9. The molecule has 0 saturated heterocycles. The summed E-state index contributed by atoms with van der Waals surface area (Å²) in [5.74, 6) is 0.115. The first-order valence-corrected chi connectivity index (χ1v) is 4.58. The molecule has 1 aromatic carbocycles. The summed E-state index contributed by atoms with van der Waals surface area (Å²) in [6, 6.07) is 5.11. The van der Waals surface area contributed by atoms with Crippen LogP contribution in [-0.2, 0) is 6.42 Å². The van der Waals surface area contributed by atoms with E-state index in [9.17, 15) is 15.2 Å². The summed E-state index contributed by atoms with van der Waals surface area (Å²) in [6.45, 7) is -0.169. The molecule has 5 nitrogen and oxygen atoms in total. The molecule has 2 N–H and O–H groups in total. The van der Waals surface area contributed by atoms with Crippen molar-refractivity contribution in [2.45, 2.75) is 6.42 Å². The predicted octanol–water partition coefficient (Wildman–Crippen LogP) is 1.69. The van der Waals surface area contributed by atoms with Gasteiger partial charge in [0.2, 0.25) is 6.54 Å². The van der Waals surface area contributed by atoms with Crippen LogP contribution in [-0.4, -0.2) is 21.6 Å². The van der Waals surface area contributed by atoms with Gasteiger partial charge in [0.15, 0.2) is 0 Å². The number of phenols is 1. The van der Waals surface area contributed by atoms with Gasteiger partial charge in [0, 0.05) is 34.0 Å². The highest BCUT2D eigenvalue weighted by atomic mass is 16.6. The van der Waals surface area contributed by atoms with Gasteiger partial charge in [0.25, 0.3) is 0 Å². The fourth-order valence-corrected chi connectivity index (χ4v) is 1.65. The highest BCUT2D eigenvalue weighted by Crippen LogP contribution is 2.26. The smallest absolute Gasteiger partial charge is 0.208 e. The Morgan fingerprint density at radius 1 is 1.40 bits per heavy atom. The van der Waals surface area contributed by atoms with Crippen LogP contribution in [0, 0.1) is 10.1 Å². The summed E-state index contributed by atoms with van der Waals surface area (Å²) in [5, 5.41) is 20.7. The Labute approximate surface area is 85.5 Å². The van der Waals surface area contributed by atoms with Gasteiger partial charge in [-0.25, -0.2) is 0 Å². The number of hydrogen-bond donors (Lipinski definition) is 2. The lowest BCUT2D eigenvalue weighted by molar-refractivity contribution is -0.479. The van der Waals surface area contributed by atoms with E-state index in [-0.39, 0.29) is 23.6 Å². The van der Waals surface area contributed by atoms with E-state index < -0.39 is 0 Å². The Morgan fingerprint density at radius 3 is 2.93 bits per heavy atom. The van der Waals surface area contributed by atoms with Gasteiger partial charge in [-0.15, -0.1) is 0 Å². The quantitative estimate of drug-likeness (QED) is 0.592. The first-order valence-electron chi connectivity index (χ1n) is 4.58. The molecule has 2 rings (SSSR count). The number of phenolic OH excluding ortho intramolecular Hbond substituents is 1. The summed E-state index contributed by atoms with van der Waals surface area (Å²) in [7, 11) is 0. The molecule has 0 aliphatic rings. The maximum Gasteiger partial charge on any atom is 0.208 e. The van der Waals surface area contributed by atoms with Crippen LogP contribution >= 0.6 is 0 Å². The monoisotopic (exact) mass is 206 g/mol. The molecular formula is C10H10N2O3. The van der Waals surface area contributed by atoms with Crippen LogP contribution in [0.2, 0.25) is 0 Å². The van der Waals surface area contributed by atoms with Crippen molar-refractivity contribution in [2.24, 2.45) is 0 Å². The zero-order chi connectivity index (χ0) is 10.8. The van der Waals surface area contributed by atoms with Gasteiger partial charge >= 0.3 is 0 Å². The number of aromatic amines is 1. The normalized spacial score (nSPS) is 10.7. The molecule has 1 aromatic heterocycles. The summed E-state index contributed by atoms with van der Waals surface area (Å²) in [6.07, 6.45) is 1.99. The van der Waals surface area contributed by atoms with Crippen LogP contribution in [0.5, 0.6) is 5.75 Å². The first-order chi connectivity index (χ1) is 7.18. The highest BCUT2D eigenvalue weighted by molar-refractivity contribution is 5.85. The van der Waals surface area contributed by atoms with Gasteiger partial charge in [-0.05, 0) is 18.2 Å². The predicted molar refractivity (Wildman–Crippen MR) is 55.5 cm³/mol. The number of rotatable bonds is 3. The number of H-pyrrole nitrogens is 1. The number of aromatic hydroxyl groups is 1. The van der Waals surface area contributed by atoms with Crippen molar-refractivity contribution in [1.82, 2.24) is 4.98 Å². The van der Waals surface area contributed by atoms with Gasteiger partial charge in [-0.1, -0.05) is 0 Å². The van der Waals surface area contributed by atoms with Crippen molar-refractivity contribution in [3.63, 3.8) is 0 Å². The average Bonchev–Trinajstić information content (AvgIpc) is 2.63. The second-order valence-corrected chi connectivity index (χ2v) is 3.31. The minimum Gasteiger partial charge on any atom is -0.508 e. The fraction of sp³-hybridized carbons (Fsp3) is 0.200. The van der Waals surface area contributed by atoms with E-state index in [0.29, 0.717) is 5.56 Å². The lowest BCUT2D eigenvalue weighted by Gasteiger charge is -2.03. The first kappa shape index (κ1) is 9.51. The second-order valence-electron chi connectivity index (χ2n) is 3.31. The Hall–Kier alpha value is -2.04. The minimum absolute atomic E-state index is 0.115. The molecule has 0 saturated carbocycles. The Kier molecular flexibility index (Phi) is 2.29. The molecule has 0 spiro atoms. The standard InChI is InChI=1S/C10H10N2O3/c13-10-2-1-9-7(3-5-11-9)8(10)4-6-12(14)15/h1-3,5,11,13H,4,6H2. The lowest BCUT2D eigenvalue weighted by atomic mass is 10.1. The molecule has 1 heterocycles. The van der Waals surface area contributed by atoms with Gasteiger partial charge in [0.1, 0.15) is 5.75 Å². The third-order valence-electron chi connectivity index (χ3n) is 2.37. The molecule has 0 fully saturated rings. The van der Waals surface area contributed by atoms with E-state index in [2.05, 4.69) is 4.98 Å². The summed E-state index contributed by atoms with van der Waals surface area (Å²) >= 11 is 0. The topological polar surface area (TPSA) is 79.2 Å². The van der Waals surface area contributed by atoms with Gasteiger partial charge in [-0.3, -0.25) is 10.1 Å². The van der Waals surface area contributed by atoms with Gasteiger partial charge in [0.05, 0.1) is 0 Å². The number of hydrogen-bond acceptors (Lipinski definition) is 3. The third-order valence-corrected chi connectivity index (χ3v) is 2.37. The van der Waals surface area contributed by atoms with E-state index in [1.165, 1.54) is 0 Å². The molecule has 0 atom stereocenters. The Balaban J connectivity index is 2.42. The Morgan fingerprint density at radius 2 is 2.20 bits per heavy atom. The number of nitrogens with one attached hydrogen (secondary N) is 1. The van der Waals surface area contributed by atoms with Crippen molar-refractivity contribution in [3.05, 3.63) is 40.1 Å². The number of fused-ring (bicyclic) bond motifs is 1. The molecule has 0 aliphatic heterocycles. The molecule has 0 amide bonds. The fourth-order valence-electron chi connectivity index (χ4n) is 1.65. The molecule has 0 radical (unpaired) electrons. The van der Waals surface area contributed by atoms with Crippen molar-refractivity contribution in [1.29, 1.82) is 0 Å². The van der Waals surface area contributed by atoms with Crippen LogP contribution < -0.4 is 0 Å². The molecule has 0 bridgehead atoms. The SMILES string of the molecule is O=[N+]([O-])CCc1c(O)ccc2[nH]ccc12. The maximum atomic E-state index is 10.3. The zero-order valence-corrected chi connectivity index (χ0v) is 7.93. The molecule has 0 unspecified atom stereocenters. The molecule has 0 aliphatic carbocycles. The third kappa shape index (κ3) is 1.76. The van der Waals surface area contributed by atoms with E-state index in [1.807, 2.05) is 6.07 Å². The van der Waals surface area contributed by atoms with E-state index >= 15 is 0 Å². The lowest BCUT2D eigenvalue weighted by Crippen LogP contribution is -2.04. The van der Waals surface area contributed by atoms with Crippen molar-refractivity contribution < 1.29 is 10.0 Å². The van der Waals surface area contributed by atoms with E-state index in [1.54, 1.807) is 18.3 Å². The number of benzene rings is 1. The van der Waals surface area contributed by atoms with Crippen LogP contribution in [0.15, 0.2) is 24.4 Å². The van der Waals surface area contributed by atoms with E-state index in [0.717, 1.165) is 10.9 Å². The van der Waals surface area contributed by atoms with Crippen LogP contribution in [0.3, 0.4) is 0 Å². The highest BCUT2D eigenvalue weighted by Gasteiger charge is 2.10. The van der Waals surface area contributed by atoms with Gasteiger partial charge in [-0.2, -0.15) is 0 Å². The van der Waals surface area contributed by atoms with Crippen molar-refractivity contribution >= 4 is 10.9 Å². The van der Waals surface area contributed by atoms with E-state index in [4.69, 9.17) is 0 Å². The summed E-state index contributed by atoms with van der Waals surface area (Å²) < 4.78 is 0. The van der Waals surface area contributed by atoms with Crippen molar-refractivity contribution in [2.75, 3.05) is 6.54 Å². The number of nitrogens with zero attached hydrogens (tertiary/aromatic N) is 1. The minimum atomic E-state index is -0.384. The second kappa shape index (κ2) is 3.61. The van der Waals surface area contributed by atoms with Crippen LogP contribution in [0.1, 0.15) is 5.56 Å². The summed E-state index contributed by atoms with van der Waals surface area (Å²) in [5.41, 5.74) is 1.51. The van der Waals surface area contributed by atoms with Crippen LogP contribution in [0.25, 0.3) is 10.9 Å². The largest absolute Gasteiger partial charge is 0.508 e. The number of aromatic nitrogens is 1. The van der Waals surface area contributed by atoms with Crippen LogP contribution in [0.4, 0.5) is 0 Å². The van der Waals surface area contributed by atoms with Crippen molar-refractivity contribution in [3.8, 4) is 5.75 Å². The van der Waals surface area contributed by atoms with Gasteiger partial charge < -0.3 is 10.1 Å². The average molecular weight is 206 g/mol. The molecular weight excluding hydrogens is 196 g/mol.